The van der Waals surface area contributed by atoms with Crippen molar-refractivity contribution >= 4 is 21.6 Å². The van der Waals surface area contributed by atoms with E-state index in [1.54, 1.807) is 24.3 Å². The van der Waals surface area contributed by atoms with E-state index in [4.69, 9.17) is 4.74 Å². The molecule has 3 rings (SSSR count). The van der Waals surface area contributed by atoms with Crippen LogP contribution < -0.4 is 14.4 Å². The molecule has 0 aliphatic carbocycles. The molecule has 0 aromatic heterocycles. The number of anilines is 1. The number of sulfonamides is 1. The molecule has 29 heavy (non-hydrogen) atoms. The van der Waals surface area contributed by atoms with E-state index in [2.05, 4.69) is 11.4 Å². The number of nitrogens with one attached hydrogen (secondary N) is 1. The Kier molecular flexibility index (Phi) is 6.17. The Hall–Kier alpha value is -2.54. The SMILES string of the molecule is CC[C@H](NC(=O)[C@@H]1CCN(S(C)(=O)=O)c2ccccc2O1)c1ccc(C)cc1C. The van der Waals surface area contributed by atoms with Gasteiger partial charge >= 0.3 is 0 Å². The van der Waals surface area contributed by atoms with Crippen LogP contribution in [0.25, 0.3) is 0 Å². The van der Waals surface area contributed by atoms with Crippen molar-refractivity contribution in [3.63, 3.8) is 0 Å². The molecule has 1 aliphatic rings. The number of fused-ring (bicyclic) bond motifs is 1. The first-order valence-electron chi connectivity index (χ1n) is 9.81. The van der Waals surface area contributed by atoms with E-state index in [0.29, 0.717) is 11.4 Å². The number of ether oxygens (including phenoxy) is 1. The standard InChI is InChI=1S/C22H28N2O4S/c1-5-18(17-11-10-15(2)14-16(17)3)23-22(25)21-12-13-24(29(4,26)27)19-8-6-7-9-20(19)28-21/h6-11,14,18,21H,5,12-13H2,1-4H3,(H,23,25)/t18-,21-/m0/s1. The second-order valence-corrected chi connectivity index (χ2v) is 9.43. The number of aryl methyl sites for hydroxylation is 2. The van der Waals surface area contributed by atoms with Crippen molar-refractivity contribution in [2.45, 2.75) is 45.8 Å². The number of carbonyl (C=O) groups excluding carboxylic acids is 1. The maximum atomic E-state index is 13.0. The number of rotatable bonds is 5. The normalized spacial score (nSPS) is 17.7. The third-order valence-electron chi connectivity index (χ3n) is 5.22. The van der Waals surface area contributed by atoms with Crippen LogP contribution in [-0.2, 0) is 14.8 Å². The molecule has 0 spiro atoms. The zero-order valence-electron chi connectivity index (χ0n) is 17.3. The van der Waals surface area contributed by atoms with Gasteiger partial charge in [-0.25, -0.2) is 8.42 Å². The molecule has 2 aromatic rings. The number of benzene rings is 2. The Morgan fingerprint density at radius 2 is 1.97 bits per heavy atom. The Morgan fingerprint density at radius 1 is 1.24 bits per heavy atom. The van der Waals surface area contributed by atoms with E-state index < -0.39 is 16.1 Å². The Bertz CT molecular complexity index is 1000. The fourth-order valence-electron chi connectivity index (χ4n) is 3.74. The first kappa shape index (κ1) is 21.2. The summed E-state index contributed by atoms with van der Waals surface area (Å²) in [6, 6.07) is 13.0. The van der Waals surface area contributed by atoms with Crippen LogP contribution in [0.5, 0.6) is 5.75 Å². The monoisotopic (exact) mass is 416 g/mol. The van der Waals surface area contributed by atoms with E-state index in [9.17, 15) is 13.2 Å². The predicted molar refractivity (Wildman–Crippen MR) is 115 cm³/mol. The number of nitrogens with zero attached hydrogens (tertiary/aromatic N) is 1. The molecule has 0 fully saturated rings. The molecule has 7 heteroatoms. The summed E-state index contributed by atoms with van der Waals surface area (Å²) in [6.45, 7) is 6.30. The molecule has 0 bridgehead atoms. The molecule has 0 radical (unpaired) electrons. The molecule has 1 aliphatic heterocycles. The third kappa shape index (κ3) is 4.72. The largest absolute Gasteiger partial charge is 0.478 e. The fraction of sp³-hybridized carbons (Fsp3) is 0.409. The highest BCUT2D eigenvalue weighted by Crippen LogP contribution is 2.34. The average molecular weight is 417 g/mol. The third-order valence-corrected chi connectivity index (χ3v) is 6.40. The summed E-state index contributed by atoms with van der Waals surface area (Å²) in [5.41, 5.74) is 3.86. The van der Waals surface area contributed by atoms with Crippen LogP contribution in [0.3, 0.4) is 0 Å². The van der Waals surface area contributed by atoms with Gasteiger partial charge in [-0.2, -0.15) is 0 Å². The van der Waals surface area contributed by atoms with Crippen LogP contribution in [0, 0.1) is 13.8 Å². The first-order chi connectivity index (χ1) is 13.7. The quantitative estimate of drug-likeness (QED) is 0.810. The maximum absolute atomic E-state index is 13.0. The molecule has 1 amide bonds. The minimum atomic E-state index is -3.47. The van der Waals surface area contributed by atoms with Crippen molar-refractivity contribution in [2.75, 3.05) is 17.1 Å². The van der Waals surface area contributed by atoms with Crippen molar-refractivity contribution in [1.29, 1.82) is 0 Å². The number of para-hydroxylation sites is 2. The number of hydrogen-bond donors (Lipinski definition) is 1. The highest BCUT2D eigenvalue weighted by Gasteiger charge is 2.32. The lowest BCUT2D eigenvalue weighted by Gasteiger charge is -2.23. The highest BCUT2D eigenvalue weighted by molar-refractivity contribution is 7.92. The van der Waals surface area contributed by atoms with Gasteiger partial charge < -0.3 is 10.1 Å². The molecule has 6 nitrogen and oxygen atoms in total. The van der Waals surface area contributed by atoms with Crippen molar-refractivity contribution < 1.29 is 17.9 Å². The molecule has 1 heterocycles. The van der Waals surface area contributed by atoms with Crippen molar-refractivity contribution in [3.8, 4) is 5.75 Å². The van der Waals surface area contributed by atoms with Crippen LogP contribution in [0.4, 0.5) is 5.69 Å². The second kappa shape index (κ2) is 8.45. The molecule has 2 atom stereocenters. The first-order valence-corrected chi connectivity index (χ1v) is 11.7. The van der Waals surface area contributed by atoms with Gasteiger partial charge in [-0.3, -0.25) is 9.10 Å². The zero-order valence-corrected chi connectivity index (χ0v) is 18.1. The number of amides is 1. The van der Waals surface area contributed by atoms with Crippen LogP contribution in [0.1, 0.15) is 42.5 Å². The van der Waals surface area contributed by atoms with Crippen LogP contribution in [0.15, 0.2) is 42.5 Å². The van der Waals surface area contributed by atoms with Crippen LogP contribution in [0.2, 0.25) is 0 Å². The predicted octanol–water partition coefficient (Wildman–Crippen LogP) is 3.49. The van der Waals surface area contributed by atoms with Gasteiger partial charge in [0.15, 0.2) is 6.10 Å². The molecule has 0 saturated carbocycles. The minimum absolute atomic E-state index is 0.129. The Balaban J connectivity index is 1.83. The molecule has 1 N–H and O–H groups in total. The molecular weight excluding hydrogens is 388 g/mol. The molecule has 0 saturated heterocycles. The summed E-state index contributed by atoms with van der Waals surface area (Å²) >= 11 is 0. The van der Waals surface area contributed by atoms with Gasteiger partial charge in [0, 0.05) is 13.0 Å². The maximum Gasteiger partial charge on any atom is 0.261 e. The lowest BCUT2D eigenvalue weighted by Crippen LogP contribution is -2.41. The summed E-state index contributed by atoms with van der Waals surface area (Å²) in [4.78, 5) is 13.0. The topological polar surface area (TPSA) is 75.7 Å². The number of carbonyl (C=O) groups is 1. The van der Waals surface area contributed by atoms with E-state index in [1.165, 1.54) is 9.87 Å². The van der Waals surface area contributed by atoms with Gasteiger partial charge in [0.25, 0.3) is 5.91 Å². The fourth-order valence-corrected chi connectivity index (χ4v) is 4.69. The smallest absolute Gasteiger partial charge is 0.261 e. The number of hydrogen-bond acceptors (Lipinski definition) is 4. The van der Waals surface area contributed by atoms with Crippen LogP contribution >= 0.6 is 0 Å². The Labute approximate surface area is 172 Å². The lowest BCUT2D eigenvalue weighted by molar-refractivity contribution is -0.128. The van der Waals surface area contributed by atoms with E-state index in [0.717, 1.165) is 23.8 Å². The summed E-state index contributed by atoms with van der Waals surface area (Å²) in [5, 5.41) is 3.09. The van der Waals surface area contributed by atoms with Gasteiger partial charge in [0.05, 0.1) is 18.0 Å². The molecule has 2 aromatic carbocycles. The van der Waals surface area contributed by atoms with Gasteiger partial charge in [-0.1, -0.05) is 42.8 Å². The summed E-state index contributed by atoms with van der Waals surface area (Å²) in [7, 11) is -3.47. The van der Waals surface area contributed by atoms with Gasteiger partial charge in [-0.15, -0.1) is 0 Å². The molecular formula is C22H28N2O4S. The van der Waals surface area contributed by atoms with E-state index in [-0.39, 0.29) is 24.9 Å². The van der Waals surface area contributed by atoms with Crippen molar-refractivity contribution in [3.05, 3.63) is 59.2 Å². The Morgan fingerprint density at radius 3 is 2.62 bits per heavy atom. The summed E-state index contributed by atoms with van der Waals surface area (Å²) in [6.07, 6.45) is 1.42. The second-order valence-electron chi connectivity index (χ2n) is 7.53. The van der Waals surface area contributed by atoms with E-state index in [1.807, 2.05) is 32.9 Å². The molecule has 156 valence electrons. The van der Waals surface area contributed by atoms with Crippen molar-refractivity contribution in [2.24, 2.45) is 0 Å². The van der Waals surface area contributed by atoms with E-state index >= 15 is 0 Å². The van der Waals surface area contributed by atoms with Gasteiger partial charge in [-0.05, 0) is 43.5 Å². The molecule has 0 unspecified atom stereocenters. The lowest BCUT2D eigenvalue weighted by atomic mass is 9.97. The van der Waals surface area contributed by atoms with Crippen molar-refractivity contribution in [1.82, 2.24) is 5.32 Å². The van der Waals surface area contributed by atoms with Crippen LogP contribution in [-0.4, -0.2) is 33.2 Å². The minimum Gasteiger partial charge on any atom is -0.478 e. The summed E-state index contributed by atoms with van der Waals surface area (Å²) < 4.78 is 31.7. The highest BCUT2D eigenvalue weighted by atomic mass is 32.2. The average Bonchev–Trinajstić information content (AvgIpc) is 2.86. The van der Waals surface area contributed by atoms with Gasteiger partial charge in [0.1, 0.15) is 5.75 Å². The summed E-state index contributed by atoms with van der Waals surface area (Å²) in [5.74, 6) is 0.164. The zero-order chi connectivity index (χ0) is 21.2. The van der Waals surface area contributed by atoms with Gasteiger partial charge in [0.2, 0.25) is 10.0 Å².